The Balaban J connectivity index is 2.06. The summed E-state index contributed by atoms with van der Waals surface area (Å²) in [4.78, 5) is 12.6. The van der Waals surface area contributed by atoms with Crippen LogP contribution < -0.4 is 10.1 Å². The van der Waals surface area contributed by atoms with Crippen molar-refractivity contribution in [2.75, 3.05) is 13.7 Å². The minimum absolute atomic E-state index is 0.119. The van der Waals surface area contributed by atoms with Crippen LogP contribution in [0.25, 0.3) is 0 Å². The van der Waals surface area contributed by atoms with Gasteiger partial charge in [-0.1, -0.05) is 37.1 Å². The summed E-state index contributed by atoms with van der Waals surface area (Å²) < 4.78 is 11.0. The van der Waals surface area contributed by atoms with Crippen LogP contribution in [0.15, 0.2) is 42.5 Å². The number of carbonyl (C=O) groups is 1. The van der Waals surface area contributed by atoms with Gasteiger partial charge in [0.05, 0.1) is 19.8 Å². The number of amides is 1. The number of halogens is 1. The maximum absolute atomic E-state index is 12.6. The zero-order valence-electron chi connectivity index (χ0n) is 15.5. The standard InChI is InChI=1S/C21H26ClNO3/c1-4-5-12-26-14-18-13-17(8-11-20(18)25-3)21(24)23-15(2)16-6-9-19(22)10-7-16/h6-11,13,15H,4-5,12,14H2,1-3H3,(H,23,24)/t15-/m0/s1. The lowest BCUT2D eigenvalue weighted by atomic mass is 10.1. The van der Waals surface area contributed by atoms with E-state index >= 15 is 0 Å². The normalized spacial score (nSPS) is 11.8. The Morgan fingerprint density at radius 2 is 1.92 bits per heavy atom. The topological polar surface area (TPSA) is 47.6 Å². The van der Waals surface area contributed by atoms with Crippen LogP contribution in [0.1, 0.15) is 54.2 Å². The smallest absolute Gasteiger partial charge is 0.251 e. The Morgan fingerprint density at radius 1 is 1.19 bits per heavy atom. The molecular formula is C21H26ClNO3. The molecular weight excluding hydrogens is 350 g/mol. The third-order valence-electron chi connectivity index (χ3n) is 4.16. The van der Waals surface area contributed by atoms with Crippen molar-refractivity contribution >= 4 is 17.5 Å². The molecule has 0 aliphatic rings. The lowest BCUT2D eigenvalue weighted by Gasteiger charge is -2.16. The highest BCUT2D eigenvalue weighted by Crippen LogP contribution is 2.22. The van der Waals surface area contributed by atoms with E-state index in [0.717, 1.165) is 29.7 Å². The van der Waals surface area contributed by atoms with Gasteiger partial charge >= 0.3 is 0 Å². The second-order valence-electron chi connectivity index (χ2n) is 6.18. The van der Waals surface area contributed by atoms with Crippen LogP contribution in [-0.2, 0) is 11.3 Å². The predicted molar refractivity (Wildman–Crippen MR) is 105 cm³/mol. The first-order chi connectivity index (χ1) is 12.5. The summed E-state index contributed by atoms with van der Waals surface area (Å²) in [5, 5.41) is 3.69. The summed E-state index contributed by atoms with van der Waals surface area (Å²) in [6.45, 7) is 5.19. The Bertz CT molecular complexity index is 716. The van der Waals surface area contributed by atoms with E-state index in [1.165, 1.54) is 0 Å². The number of methoxy groups -OCH3 is 1. The van der Waals surface area contributed by atoms with Crippen molar-refractivity contribution in [2.24, 2.45) is 0 Å². The molecule has 2 aromatic rings. The fourth-order valence-electron chi connectivity index (χ4n) is 2.58. The van der Waals surface area contributed by atoms with E-state index in [4.69, 9.17) is 21.1 Å². The number of benzene rings is 2. The van der Waals surface area contributed by atoms with Crippen LogP contribution >= 0.6 is 11.6 Å². The predicted octanol–water partition coefficient (Wildman–Crippen LogP) is 5.16. The number of rotatable bonds is 9. The van der Waals surface area contributed by atoms with Crippen molar-refractivity contribution in [1.29, 1.82) is 0 Å². The van der Waals surface area contributed by atoms with Gasteiger partial charge in [-0.25, -0.2) is 0 Å². The van der Waals surface area contributed by atoms with Crippen molar-refractivity contribution < 1.29 is 14.3 Å². The summed E-state index contributed by atoms with van der Waals surface area (Å²) in [6, 6.07) is 12.7. The van der Waals surface area contributed by atoms with Crippen LogP contribution in [0, 0.1) is 0 Å². The number of ether oxygens (including phenoxy) is 2. The highest BCUT2D eigenvalue weighted by molar-refractivity contribution is 6.30. The summed E-state index contributed by atoms with van der Waals surface area (Å²) in [6.07, 6.45) is 2.10. The SMILES string of the molecule is CCCCOCc1cc(C(=O)N[C@@H](C)c2ccc(Cl)cc2)ccc1OC. The molecule has 0 aliphatic heterocycles. The summed E-state index contributed by atoms with van der Waals surface area (Å²) in [5.41, 5.74) is 2.45. The van der Waals surface area contributed by atoms with Gasteiger partial charge in [-0.15, -0.1) is 0 Å². The molecule has 0 fully saturated rings. The zero-order valence-corrected chi connectivity index (χ0v) is 16.3. The first kappa shape index (κ1) is 20.3. The van der Waals surface area contributed by atoms with Gasteiger partial charge in [0.1, 0.15) is 5.75 Å². The number of unbranched alkanes of at least 4 members (excludes halogenated alkanes) is 1. The fourth-order valence-corrected chi connectivity index (χ4v) is 2.70. The molecule has 0 saturated heterocycles. The van der Waals surface area contributed by atoms with E-state index in [1.54, 1.807) is 19.2 Å². The molecule has 140 valence electrons. The molecule has 0 bridgehead atoms. The maximum atomic E-state index is 12.6. The van der Waals surface area contributed by atoms with Crippen LogP contribution in [0.5, 0.6) is 5.75 Å². The second-order valence-corrected chi connectivity index (χ2v) is 6.62. The number of hydrogen-bond acceptors (Lipinski definition) is 3. The highest BCUT2D eigenvalue weighted by Gasteiger charge is 2.14. The molecule has 26 heavy (non-hydrogen) atoms. The fraction of sp³-hybridized carbons (Fsp3) is 0.381. The zero-order chi connectivity index (χ0) is 18.9. The Kier molecular flexibility index (Phi) is 7.95. The van der Waals surface area contributed by atoms with E-state index in [1.807, 2.05) is 37.3 Å². The van der Waals surface area contributed by atoms with E-state index in [0.29, 0.717) is 23.8 Å². The lowest BCUT2D eigenvalue weighted by molar-refractivity contribution is 0.0938. The third kappa shape index (κ3) is 5.75. The van der Waals surface area contributed by atoms with E-state index in [9.17, 15) is 4.79 Å². The first-order valence-corrected chi connectivity index (χ1v) is 9.24. The van der Waals surface area contributed by atoms with Gasteiger partial charge < -0.3 is 14.8 Å². The molecule has 0 spiro atoms. The van der Waals surface area contributed by atoms with Crippen molar-refractivity contribution in [3.8, 4) is 5.75 Å². The van der Waals surface area contributed by atoms with Crippen LogP contribution in [-0.4, -0.2) is 19.6 Å². The molecule has 1 amide bonds. The van der Waals surface area contributed by atoms with Crippen molar-refractivity contribution in [3.63, 3.8) is 0 Å². The molecule has 2 aromatic carbocycles. The minimum atomic E-state index is -0.134. The maximum Gasteiger partial charge on any atom is 0.251 e. The Hall–Kier alpha value is -2.04. The quantitative estimate of drug-likeness (QED) is 0.616. The monoisotopic (exact) mass is 375 g/mol. The largest absolute Gasteiger partial charge is 0.496 e. The van der Waals surface area contributed by atoms with E-state index < -0.39 is 0 Å². The van der Waals surface area contributed by atoms with Gasteiger partial charge in [0, 0.05) is 22.8 Å². The number of carbonyl (C=O) groups excluding carboxylic acids is 1. The van der Waals surface area contributed by atoms with Crippen molar-refractivity contribution in [3.05, 3.63) is 64.2 Å². The van der Waals surface area contributed by atoms with Crippen LogP contribution in [0.2, 0.25) is 5.02 Å². The molecule has 1 N–H and O–H groups in total. The average molecular weight is 376 g/mol. The average Bonchev–Trinajstić information content (AvgIpc) is 2.65. The molecule has 4 nitrogen and oxygen atoms in total. The van der Waals surface area contributed by atoms with Gasteiger partial charge in [-0.2, -0.15) is 0 Å². The molecule has 0 aromatic heterocycles. The molecule has 0 saturated carbocycles. The van der Waals surface area contributed by atoms with E-state index in [2.05, 4.69) is 12.2 Å². The van der Waals surface area contributed by atoms with Gasteiger partial charge in [-0.05, 0) is 49.2 Å². The molecule has 0 aliphatic carbocycles. The van der Waals surface area contributed by atoms with E-state index in [-0.39, 0.29) is 11.9 Å². The van der Waals surface area contributed by atoms with Crippen LogP contribution in [0.4, 0.5) is 0 Å². The highest BCUT2D eigenvalue weighted by atomic mass is 35.5. The van der Waals surface area contributed by atoms with Gasteiger partial charge in [0.25, 0.3) is 5.91 Å². The molecule has 0 radical (unpaired) electrons. The molecule has 0 unspecified atom stereocenters. The first-order valence-electron chi connectivity index (χ1n) is 8.86. The van der Waals surface area contributed by atoms with Crippen molar-refractivity contribution in [2.45, 2.75) is 39.3 Å². The number of hydrogen-bond donors (Lipinski definition) is 1. The summed E-state index contributed by atoms with van der Waals surface area (Å²) in [7, 11) is 1.62. The third-order valence-corrected chi connectivity index (χ3v) is 4.41. The summed E-state index contributed by atoms with van der Waals surface area (Å²) in [5.74, 6) is 0.591. The number of nitrogens with one attached hydrogen (secondary N) is 1. The Labute approximate surface area is 160 Å². The van der Waals surface area contributed by atoms with Gasteiger partial charge in [0.15, 0.2) is 0 Å². The molecule has 5 heteroatoms. The van der Waals surface area contributed by atoms with Crippen molar-refractivity contribution in [1.82, 2.24) is 5.32 Å². The van der Waals surface area contributed by atoms with Gasteiger partial charge in [0.2, 0.25) is 0 Å². The molecule has 1 atom stereocenters. The lowest BCUT2D eigenvalue weighted by Crippen LogP contribution is -2.26. The molecule has 0 heterocycles. The van der Waals surface area contributed by atoms with Gasteiger partial charge in [-0.3, -0.25) is 4.79 Å². The van der Waals surface area contributed by atoms with Crippen LogP contribution in [0.3, 0.4) is 0 Å². The second kappa shape index (κ2) is 10.2. The minimum Gasteiger partial charge on any atom is -0.496 e. The Morgan fingerprint density at radius 3 is 2.58 bits per heavy atom. The molecule has 2 rings (SSSR count). The summed E-state index contributed by atoms with van der Waals surface area (Å²) >= 11 is 5.91.